The summed E-state index contributed by atoms with van der Waals surface area (Å²) in [5.74, 6) is 0.799. The van der Waals surface area contributed by atoms with Gasteiger partial charge in [0.1, 0.15) is 0 Å². The third-order valence-corrected chi connectivity index (χ3v) is 2.81. The smallest absolute Gasteiger partial charge is 0.159 e. The lowest BCUT2D eigenvalue weighted by molar-refractivity contribution is 0.404. The molecule has 0 spiro atoms. The summed E-state index contributed by atoms with van der Waals surface area (Å²) in [7, 11) is 0. The number of nitrogens with one attached hydrogen (secondary N) is 1. The molecule has 0 amide bonds. The summed E-state index contributed by atoms with van der Waals surface area (Å²) >= 11 is 0. The highest BCUT2D eigenvalue weighted by atomic mass is 16.3. The average molecular weight is 273 g/mol. The van der Waals surface area contributed by atoms with E-state index >= 15 is 0 Å². The maximum Gasteiger partial charge on any atom is 0.159 e. The van der Waals surface area contributed by atoms with Crippen LogP contribution < -0.4 is 5.32 Å². The Hall–Kier alpha value is -2.14. The molecule has 1 aromatic heterocycles. The average Bonchev–Trinajstić information content (AvgIpc) is 2.42. The largest absolute Gasteiger partial charge is 0.504 e. The van der Waals surface area contributed by atoms with Crippen molar-refractivity contribution >= 4 is 0 Å². The lowest BCUT2D eigenvalue weighted by Crippen LogP contribution is -2.19. The van der Waals surface area contributed by atoms with Crippen LogP contribution in [0.5, 0.6) is 11.5 Å². The number of phenols is 2. The summed E-state index contributed by atoms with van der Waals surface area (Å²) in [6.45, 7) is 5.91. The summed E-state index contributed by atoms with van der Waals surface area (Å²) in [6, 6.07) is 6.42. The molecule has 0 aliphatic carbocycles. The fraction of sp³-hybridized carbons (Fsp3) is 0.333. The Bertz CT molecular complexity index is 585. The second-order valence-corrected chi connectivity index (χ2v) is 5.10. The first-order chi connectivity index (χ1) is 9.56. The first-order valence-corrected chi connectivity index (χ1v) is 6.61. The number of benzene rings is 1. The van der Waals surface area contributed by atoms with Crippen molar-refractivity contribution in [2.75, 3.05) is 6.54 Å². The van der Waals surface area contributed by atoms with E-state index in [0.29, 0.717) is 23.9 Å². The molecule has 5 heteroatoms. The monoisotopic (exact) mass is 273 g/mol. The number of rotatable bonds is 5. The van der Waals surface area contributed by atoms with Gasteiger partial charge in [-0.25, -0.2) is 9.97 Å². The minimum Gasteiger partial charge on any atom is -0.504 e. The lowest BCUT2D eigenvalue weighted by atomic mass is 10.2. The summed E-state index contributed by atoms with van der Waals surface area (Å²) < 4.78 is 0. The van der Waals surface area contributed by atoms with Crippen molar-refractivity contribution in [2.45, 2.75) is 20.4 Å². The zero-order valence-electron chi connectivity index (χ0n) is 11.7. The van der Waals surface area contributed by atoms with Gasteiger partial charge in [0.2, 0.25) is 0 Å². The molecule has 0 bridgehead atoms. The van der Waals surface area contributed by atoms with E-state index in [-0.39, 0.29) is 11.5 Å². The van der Waals surface area contributed by atoms with Crippen molar-refractivity contribution in [1.82, 2.24) is 15.3 Å². The quantitative estimate of drug-likeness (QED) is 0.729. The summed E-state index contributed by atoms with van der Waals surface area (Å²) in [5.41, 5.74) is 1.56. The third kappa shape index (κ3) is 3.68. The van der Waals surface area contributed by atoms with Gasteiger partial charge in [0.15, 0.2) is 17.3 Å². The molecular weight excluding hydrogens is 254 g/mol. The van der Waals surface area contributed by atoms with Gasteiger partial charge in [-0.2, -0.15) is 0 Å². The van der Waals surface area contributed by atoms with Gasteiger partial charge in [0.05, 0.1) is 5.69 Å². The van der Waals surface area contributed by atoms with Gasteiger partial charge in [0, 0.05) is 18.3 Å². The van der Waals surface area contributed by atoms with Crippen LogP contribution in [-0.2, 0) is 6.54 Å². The Labute approximate surface area is 118 Å². The number of hydrogen-bond donors (Lipinski definition) is 3. The minimum absolute atomic E-state index is 0.150. The Morgan fingerprint density at radius 3 is 2.65 bits per heavy atom. The van der Waals surface area contributed by atoms with Crippen molar-refractivity contribution in [3.63, 3.8) is 0 Å². The van der Waals surface area contributed by atoms with Crippen molar-refractivity contribution in [3.05, 3.63) is 36.2 Å². The van der Waals surface area contributed by atoms with Gasteiger partial charge < -0.3 is 15.5 Å². The van der Waals surface area contributed by atoms with E-state index in [4.69, 9.17) is 0 Å². The normalized spacial score (nSPS) is 10.9. The van der Waals surface area contributed by atoms with Crippen LogP contribution in [0.4, 0.5) is 0 Å². The van der Waals surface area contributed by atoms with Crippen LogP contribution in [0, 0.1) is 5.92 Å². The van der Waals surface area contributed by atoms with E-state index in [1.54, 1.807) is 12.3 Å². The fourth-order valence-corrected chi connectivity index (χ4v) is 1.79. The van der Waals surface area contributed by atoms with Crippen molar-refractivity contribution < 1.29 is 10.2 Å². The van der Waals surface area contributed by atoms with Crippen LogP contribution in [0.1, 0.15) is 19.5 Å². The molecule has 3 N–H and O–H groups in total. The maximum atomic E-state index is 9.52. The number of aromatic nitrogens is 2. The van der Waals surface area contributed by atoms with Crippen molar-refractivity contribution in [2.24, 2.45) is 5.92 Å². The van der Waals surface area contributed by atoms with Crippen molar-refractivity contribution in [1.29, 1.82) is 0 Å². The third-order valence-electron chi connectivity index (χ3n) is 2.81. The Kier molecular flexibility index (Phi) is 4.53. The van der Waals surface area contributed by atoms with Crippen LogP contribution in [0.3, 0.4) is 0 Å². The van der Waals surface area contributed by atoms with Gasteiger partial charge >= 0.3 is 0 Å². The summed E-state index contributed by atoms with van der Waals surface area (Å²) in [6.07, 6.45) is 1.69. The van der Waals surface area contributed by atoms with E-state index in [1.807, 2.05) is 6.07 Å². The molecule has 5 nitrogen and oxygen atoms in total. The number of nitrogens with zero attached hydrogens (tertiary/aromatic N) is 2. The second kappa shape index (κ2) is 6.34. The molecule has 20 heavy (non-hydrogen) atoms. The molecule has 1 aromatic carbocycles. The Balaban J connectivity index is 2.14. The molecule has 1 heterocycles. The van der Waals surface area contributed by atoms with Crippen LogP contribution in [-0.4, -0.2) is 26.7 Å². The van der Waals surface area contributed by atoms with Crippen LogP contribution in [0.25, 0.3) is 11.4 Å². The molecule has 106 valence electrons. The number of hydrogen-bond acceptors (Lipinski definition) is 5. The van der Waals surface area contributed by atoms with Gasteiger partial charge in [-0.3, -0.25) is 0 Å². The SMILES string of the molecule is CC(C)CNCc1ccnc(-c2ccc(O)c(O)c2)n1. The van der Waals surface area contributed by atoms with Crippen LogP contribution >= 0.6 is 0 Å². The van der Waals surface area contributed by atoms with Gasteiger partial charge in [-0.1, -0.05) is 13.8 Å². The van der Waals surface area contributed by atoms with E-state index in [0.717, 1.165) is 12.2 Å². The molecule has 0 unspecified atom stereocenters. The van der Waals surface area contributed by atoms with Gasteiger partial charge in [-0.05, 0) is 36.7 Å². The van der Waals surface area contributed by atoms with E-state index in [9.17, 15) is 10.2 Å². The van der Waals surface area contributed by atoms with E-state index in [2.05, 4.69) is 29.1 Å². The zero-order valence-corrected chi connectivity index (χ0v) is 11.7. The molecule has 0 radical (unpaired) electrons. The molecule has 0 atom stereocenters. The first kappa shape index (κ1) is 14.3. The second-order valence-electron chi connectivity index (χ2n) is 5.10. The lowest BCUT2D eigenvalue weighted by Gasteiger charge is -2.08. The van der Waals surface area contributed by atoms with Crippen molar-refractivity contribution in [3.8, 4) is 22.9 Å². The molecular formula is C15H19N3O2. The molecule has 0 saturated carbocycles. The highest BCUT2D eigenvalue weighted by Crippen LogP contribution is 2.28. The maximum absolute atomic E-state index is 9.52. The Morgan fingerprint density at radius 1 is 1.15 bits per heavy atom. The Morgan fingerprint density at radius 2 is 1.95 bits per heavy atom. The predicted molar refractivity (Wildman–Crippen MR) is 77.3 cm³/mol. The molecule has 0 aliphatic rings. The molecule has 2 aromatic rings. The molecule has 0 saturated heterocycles. The van der Waals surface area contributed by atoms with Gasteiger partial charge in [0.25, 0.3) is 0 Å². The first-order valence-electron chi connectivity index (χ1n) is 6.61. The fourth-order valence-electron chi connectivity index (χ4n) is 1.79. The minimum atomic E-state index is -0.172. The van der Waals surface area contributed by atoms with Crippen LogP contribution in [0.2, 0.25) is 0 Å². The summed E-state index contributed by atoms with van der Waals surface area (Å²) in [5, 5.41) is 22.1. The number of phenolic OH excluding ortho intramolecular Hbond substituents is 2. The highest BCUT2D eigenvalue weighted by molar-refractivity contribution is 5.60. The highest BCUT2D eigenvalue weighted by Gasteiger charge is 2.06. The number of aromatic hydroxyl groups is 2. The zero-order chi connectivity index (χ0) is 14.5. The summed E-state index contributed by atoms with van der Waals surface area (Å²) in [4.78, 5) is 8.64. The standard InChI is InChI=1S/C15H19N3O2/c1-10(2)8-16-9-12-5-6-17-15(18-12)11-3-4-13(19)14(20)7-11/h3-7,10,16,19-20H,8-9H2,1-2H3. The molecule has 2 rings (SSSR count). The van der Waals surface area contributed by atoms with Crippen LogP contribution in [0.15, 0.2) is 30.5 Å². The van der Waals surface area contributed by atoms with E-state index in [1.165, 1.54) is 12.1 Å². The van der Waals surface area contributed by atoms with Gasteiger partial charge in [-0.15, -0.1) is 0 Å². The molecule has 0 aliphatic heterocycles. The topological polar surface area (TPSA) is 78.3 Å². The molecule has 0 fully saturated rings. The predicted octanol–water partition coefficient (Wildman–Crippen LogP) is 2.30. The van der Waals surface area contributed by atoms with E-state index < -0.39 is 0 Å².